The molecule has 4 rings (SSSR count). The number of imide groups is 1. The highest BCUT2D eigenvalue weighted by molar-refractivity contribution is 7.13. The van der Waals surface area contributed by atoms with Crippen LogP contribution in [-0.4, -0.2) is 33.2 Å². The lowest BCUT2D eigenvalue weighted by Gasteiger charge is -2.11. The molecule has 0 radical (unpaired) electrons. The lowest BCUT2D eigenvalue weighted by Crippen LogP contribution is -2.30. The SMILES string of the molecule is O=C1c2ccccc2C(=O)N1CCC=Cc1csc(-c2ccccn2)n1. The van der Waals surface area contributed by atoms with E-state index in [-0.39, 0.29) is 11.8 Å². The maximum absolute atomic E-state index is 12.3. The van der Waals surface area contributed by atoms with Gasteiger partial charge in [-0.1, -0.05) is 24.3 Å². The van der Waals surface area contributed by atoms with Crippen molar-refractivity contribution >= 4 is 29.2 Å². The van der Waals surface area contributed by atoms with E-state index in [1.165, 1.54) is 16.2 Å². The monoisotopic (exact) mass is 361 g/mol. The average Bonchev–Trinajstić information content (AvgIpc) is 3.25. The summed E-state index contributed by atoms with van der Waals surface area (Å²) in [5, 5.41) is 2.83. The summed E-state index contributed by atoms with van der Waals surface area (Å²) < 4.78 is 0. The Kier molecular flexibility index (Phi) is 4.41. The van der Waals surface area contributed by atoms with Crippen LogP contribution in [0.3, 0.4) is 0 Å². The Morgan fingerprint density at radius 3 is 2.42 bits per heavy atom. The summed E-state index contributed by atoms with van der Waals surface area (Å²) in [5.74, 6) is -0.435. The van der Waals surface area contributed by atoms with Gasteiger partial charge < -0.3 is 0 Å². The molecular weight excluding hydrogens is 346 g/mol. The second-order valence-electron chi connectivity index (χ2n) is 5.79. The normalized spacial score (nSPS) is 13.6. The molecule has 26 heavy (non-hydrogen) atoms. The van der Waals surface area contributed by atoms with Crippen molar-refractivity contribution in [1.29, 1.82) is 0 Å². The van der Waals surface area contributed by atoms with E-state index in [0.29, 0.717) is 24.1 Å². The van der Waals surface area contributed by atoms with Gasteiger partial charge in [0.05, 0.1) is 22.5 Å². The first-order chi connectivity index (χ1) is 12.7. The molecule has 0 aliphatic carbocycles. The van der Waals surface area contributed by atoms with Crippen molar-refractivity contribution in [2.24, 2.45) is 0 Å². The number of amides is 2. The van der Waals surface area contributed by atoms with E-state index in [2.05, 4.69) is 9.97 Å². The molecule has 0 saturated carbocycles. The van der Waals surface area contributed by atoms with Crippen molar-refractivity contribution in [3.8, 4) is 10.7 Å². The van der Waals surface area contributed by atoms with Gasteiger partial charge >= 0.3 is 0 Å². The van der Waals surface area contributed by atoms with E-state index >= 15 is 0 Å². The Morgan fingerprint density at radius 2 is 1.73 bits per heavy atom. The van der Waals surface area contributed by atoms with Gasteiger partial charge in [-0.2, -0.15) is 0 Å². The number of pyridine rings is 1. The highest BCUT2D eigenvalue weighted by atomic mass is 32.1. The molecule has 5 nitrogen and oxygen atoms in total. The van der Waals surface area contributed by atoms with Crippen molar-refractivity contribution in [2.75, 3.05) is 6.54 Å². The second-order valence-corrected chi connectivity index (χ2v) is 6.65. The molecule has 0 unspecified atom stereocenters. The minimum absolute atomic E-state index is 0.218. The van der Waals surface area contributed by atoms with Gasteiger partial charge in [0.1, 0.15) is 5.01 Å². The van der Waals surface area contributed by atoms with Crippen molar-refractivity contribution in [2.45, 2.75) is 6.42 Å². The molecule has 0 saturated heterocycles. The van der Waals surface area contributed by atoms with Gasteiger partial charge in [0.25, 0.3) is 11.8 Å². The summed E-state index contributed by atoms with van der Waals surface area (Å²) in [6.07, 6.45) is 6.16. The van der Waals surface area contributed by atoms with Crippen LogP contribution < -0.4 is 0 Å². The number of hydrogen-bond acceptors (Lipinski definition) is 5. The molecule has 0 fully saturated rings. The number of thiazole rings is 1. The summed E-state index contributed by atoms with van der Waals surface area (Å²) in [7, 11) is 0. The predicted molar refractivity (Wildman–Crippen MR) is 101 cm³/mol. The van der Waals surface area contributed by atoms with E-state index in [1.807, 2.05) is 35.7 Å². The van der Waals surface area contributed by atoms with Crippen molar-refractivity contribution < 1.29 is 9.59 Å². The Hall–Kier alpha value is -3.12. The predicted octanol–water partition coefficient (Wildman–Crippen LogP) is 3.90. The van der Waals surface area contributed by atoms with Gasteiger partial charge in [-0.05, 0) is 36.8 Å². The van der Waals surface area contributed by atoms with Crippen LogP contribution in [0.2, 0.25) is 0 Å². The fraction of sp³-hybridized carbons (Fsp3) is 0.100. The van der Waals surface area contributed by atoms with Crippen LogP contribution in [0.1, 0.15) is 32.8 Å². The summed E-state index contributed by atoms with van der Waals surface area (Å²) in [6.45, 7) is 0.361. The number of rotatable bonds is 5. The first kappa shape index (κ1) is 16.4. The molecule has 3 aromatic rings. The smallest absolute Gasteiger partial charge is 0.261 e. The number of aromatic nitrogens is 2. The standard InChI is InChI=1S/C20H15N3O2S/c24-19-15-8-1-2-9-16(15)20(25)23(19)12-6-4-7-14-13-26-18(22-14)17-10-3-5-11-21-17/h1-5,7-11,13H,6,12H2. The van der Waals surface area contributed by atoms with E-state index < -0.39 is 0 Å². The molecule has 2 amide bonds. The highest BCUT2D eigenvalue weighted by Gasteiger charge is 2.34. The first-order valence-corrected chi connectivity index (χ1v) is 9.11. The van der Waals surface area contributed by atoms with Gasteiger partial charge in [0.2, 0.25) is 0 Å². The topological polar surface area (TPSA) is 63.2 Å². The molecule has 0 spiro atoms. The number of carbonyl (C=O) groups excluding carboxylic acids is 2. The van der Waals surface area contributed by atoms with Gasteiger partial charge in [0.15, 0.2) is 0 Å². The lowest BCUT2D eigenvalue weighted by molar-refractivity contribution is 0.0657. The molecule has 2 aromatic heterocycles. The summed E-state index contributed by atoms with van der Waals surface area (Å²) in [5.41, 5.74) is 2.67. The number of hydrogen-bond donors (Lipinski definition) is 0. The minimum atomic E-state index is -0.218. The third-order valence-corrected chi connectivity index (χ3v) is 4.98. The summed E-state index contributed by atoms with van der Waals surface area (Å²) in [6, 6.07) is 12.7. The van der Waals surface area contributed by atoms with Crippen LogP contribution >= 0.6 is 11.3 Å². The van der Waals surface area contributed by atoms with Gasteiger partial charge in [0, 0.05) is 18.1 Å². The molecule has 1 aliphatic rings. The largest absolute Gasteiger partial charge is 0.274 e. The Balaban J connectivity index is 1.38. The zero-order valence-corrected chi connectivity index (χ0v) is 14.6. The van der Waals surface area contributed by atoms with Gasteiger partial charge in [-0.25, -0.2) is 4.98 Å². The maximum Gasteiger partial charge on any atom is 0.261 e. The third-order valence-electron chi connectivity index (χ3n) is 4.09. The molecule has 6 heteroatoms. The molecule has 0 bridgehead atoms. The number of nitrogens with zero attached hydrogens (tertiary/aromatic N) is 3. The second kappa shape index (κ2) is 7.01. The van der Waals surface area contributed by atoms with Gasteiger partial charge in [-0.3, -0.25) is 19.5 Å². The quantitative estimate of drug-likeness (QED) is 0.647. The van der Waals surface area contributed by atoms with Crippen LogP contribution in [0.25, 0.3) is 16.8 Å². The van der Waals surface area contributed by atoms with Crippen LogP contribution in [-0.2, 0) is 0 Å². The molecule has 0 atom stereocenters. The van der Waals surface area contributed by atoms with Crippen LogP contribution in [0, 0.1) is 0 Å². The van der Waals surface area contributed by atoms with Gasteiger partial charge in [-0.15, -0.1) is 11.3 Å². The minimum Gasteiger partial charge on any atom is -0.274 e. The van der Waals surface area contributed by atoms with Crippen LogP contribution in [0.15, 0.2) is 60.1 Å². The summed E-state index contributed by atoms with van der Waals surface area (Å²) in [4.78, 5) is 34.7. The van der Waals surface area contributed by atoms with E-state index in [1.54, 1.807) is 30.5 Å². The highest BCUT2D eigenvalue weighted by Crippen LogP contribution is 2.23. The fourth-order valence-electron chi connectivity index (χ4n) is 2.82. The molecule has 3 heterocycles. The van der Waals surface area contributed by atoms with Crippen LogP contribution in [0.4, 0.5) is 0 Å². The van der Waals surface area contributed by atoms with Crippen LogP contribution in [0.5, 0.6) is 0 Å². The number of carbonyl (C=O) groups is 2. The molecule has 128 valence electrons. The van der Waals surface area contributed by atoms with E-state index in [9.17, 15) is 9.59 Å². The zero-order chi connectivity index (χ0) is 17.9. The third kappa shape index (κ3) is 3.07. The fourth-order valence-corrected chi connectivity index (χ4v) is 3.58. The number of benzene rings is 1. The Morgan fingerprint density at radius 1 is 1.00 bits per heavy atom. The first-order valence-electron chi connectivity index (χ1n) is 8.23. The van der Waals surface area contributed by atoms with Crippen molar-refractivity contribution in [3.63, 3.8) is 0 Å². The summed E-state index contributed by atoms with van der Waals surface area (Å²) >= 11 is 1.53. The van der Waals surface area contributed by atoms with E-state index in [4.69, 9.17) is 0 Å². The molecule has 1 aliphatic heterocycles. The lowest BCUT2D eigenvalue weighted by atomic mass is 10.1. The molecular formula is C20H15N3O2S. The molecule has 1 aromatic carbocycles. The average molecular weight is 361 g/mol. The van der Waals surface area contributed by atoms with Crippen molar-refractivity contribution in [3.05, 3.63) is 76.9 Å². The van der Waals surface area contributed by atoms with E-state index in [0.717, 1.165) is 16.4 Å². The maximum atomic E-state index is 12.3. The Labute approximate surface area is 154 Å². The zero-order valence-electron chi connectivity index (χ0n) is 13.8. The number of fused-ring (bicyclic) bond motifs is 1. The Bertz CT molecular complexity index is 960. The molecule has 0 N–H and O–H groups in total. The van der Waals surface area contributed by atoms with Crippen molar-refractivity contribution in [1.82, 2.24) is 14.9 Å².